The molecule has 0 aromatic heterocycles. The Hall–Kier alpha value is -2.18. The van der Waals surface area contributed by atoms with E-state index in [0.29, 0.717) is 19.4 Å². The second-order valence-corrected chi connectivity index (χ2v) is 26.3. The molecule has 2 atom stereocenters. The van der Waals surface area contributed by atoms with Crippen molar-refractivity contribution in [3.63, 3.8) is 0 Å². The molecule has 0 bridgehead atoms. The van der Waals surface area contributed by atoms with Crippen LogP contribution in [0.1, 0.15) is 418 Å². The van der Waals surface area contributed by atoms with Crippen LogP contribution in [0.4, 0.5) is 0 Å². The highest BCUT2D eigenvalue weighted by molar-refractivity contribution is 5.76. The molecule has 6 nitrogen and oxygen atoms in total. The Balaban J connectivity index is 3.34. The number of nitrogens with one attached hydrogen (secondary N) is 1. The number of ether oxygens (including phenoxy) is 1. The van der Waals surface area contributed by atoms with Crippen LogP contribution in [-0.4, -0.2) is 47.4 Å². The summed E-state index contributed by atoms with van der Waals surface area (Å²) in [6.07, 6.45) is 98.0. The largest absolute Gasteiger partial charge is 0.466 e. The summed E-state index contributed by atoms with van der Waals surface area (Å²) in [6, 6.07) is -0.625. The molecule has 0 aliphatic heterocycles. The van der Waals surface area contributed by atoms with E-state index in [1.54, 1.807) is 6.08 Å². The first-order valence-corrected chi connectivity index (χ1v) is 38.4. The van der Waals surface area contributed by atoms with Crippen molar-refractivity contribution >= 4 is 11.9 Å². The van der Waals surface area contributed by atoms with Crippen LogP contribution in [0.25, 0.3) is 0 Å². The molecule has 0 spiro atoms. The first-order chi connectivity index (χ1) is 42.0. The Morgan fingerprint density at radius 1 is 0.329 bits per heavy atom. The zero-order chi connectivity index (χ0) is 61.3. The third kappa shape index (κ3) is 70.8. The van der Waals surface area contributed by atoms with Gasteiger partial charge < -0.3 is 20.3 Å². The van der Waals surface area contributed by atoms with Gasteiger partial charge in [0.2, 0.25) is 5.91 Å². The average Bonchev–Trinajstić information content (AvgIpc) is 3.52. The van der Waals surface area contributed by atoms with E-state index < -0.39 is 12.1 Å². The number of carbonyl (C=O) groups excluding carboxylic acids is 2. The second-order valence-electron chi connectivity index (χ2n) is 26.3. The van der Waals surface area contributed by atoms with Gasteiger partial charge in [0.25, 0.3) is 0 Å². The van der Waals surface area contributed by atoms with Gasteiger partial charge in [0.1, 0.15) is 0 Å². The Morgan fingerprint density at radius 3 is 0.918 bits per heavy atom. The summed E-state index contributed by atoms with van der Waals surface area (Å²) in [4.78, 5) is 24.6. The molecule has 0 saturated carbocycles. The summed E-state index contributed by atoms with van der Waals surface area (Å²) >= 11 is 0. The SMILES string of the molecule is CCCCCC/C=C\C/C=C\CCCCCCCC(=O)OCCCCCCCCCCCCCCCCCC/C=C\CCCCCCCCCCCCCCCCCCCC(=O)NC(CO)C(O)/C=C/CCCCCCCCCCCCCCC. The van der Waals surface area contributed by atoms with Gasteiger partial charge in [-0.2, -0.15) is 0 Å². The highest BCUT2D eigenvalue weighted by atomic mass is 16.5. The summed E-state index contributed by atoms with van der Waals surface area (Å²) in [5.41, 5.74) is 0. The molecule has 85 heavy (non-hydrogen) atoms. The number of esters is 1. The molecule has 500 valence electrons. The smallest absolute Gasteiger partial charge is 0.305 e. The van der Waals surface area contributed by atoms with Gasteiger partial charge in [-0.15, -0.1) is 0 Å². The van der Waals surface area contributed by atoms with E-state index in [2.05, 4.69) is 55.6 Å². The third-order valence-corrected chi connectivity index (χ3v) is 17.8. The molecule has 0 heterocycles. The minimum Gasteiger partial charge on any atom is -0.466 e. The van der Waals surface area contributed by atoms with E-state index in [4.69, 9.17) is 4.74 Å². The fourth-order valence-electron chi connectivity index (χ4n) is 12.0. The van der Waals surface area contributed by atoms with Crippen molar-refractivity contribution in [3.8, 4) is 0 Å². The van der Waals surface area contributed by atoms with Crippen LogP contribution in [0.2, 0.25) is 0 Å². The lowest BCUT2D eigenvalue weighted by molar-refractivity contribution is -0.143. The van der Waals surface area contributed by atoms with Crippen molar-refractivity contribution in [3.05, 3.63) is 48.6 Å². The van der Waals surface area contributed by atoms with Gasteiger partial charge in [-0.3, -0.25) is 9.59 Å². The lowest BCUT2D eigenvalue weighted by Gasteiger charge is -2.20. The van der Waals surface area contributed by atoms with E-state index in [1.807, 2.05) is 6.08 Å². The first-order valence-electron chi connectivity index (χ1n) is 38.4. The molecule has 0 aromatic carbocycles. The predicted molar refractivity (Wildman–Crippen MR) is 375 cm³/mol. The van der Waals surface area contributed by atoms with Gasteiger partial charge in [-0.25, -0.2) is 0 Å². The van der Waals surface area contributed by atoms with Crippen molar-refractivity contribution in [2.24, 2.45) is 0 Å². The van der Waals surface area contributed by atoms with Gasteiger partial charge in [0, 0.05) is 12.8 Å². The van der Waals surface area contributed by atoms with Gasteiger partial charge >= 0.3 is 5.97 Å². The van der Waals surface area contributed by atoms with Crippen LogP contribution in [-0.2, 0) is 14.3 Å². The Bertz CT molecular complexity index is 1420. The second kappa shape index (κ2) is 74.3. The Morgan fingerprint density at radius 2 is 0.588 bits per heavy atom. The monoisotopic (exact) mass is 1190 g/mol. The summed E-state index contributed by atoms with van der Waals surface area (Å²) in [6.45, 7) is 4.91. The zero-order valence-electron chi connectivity index (χ0n) is 57.4. The summed E-state index contributed by atoms with van der Waals surface area (Å²) in [7, 11) is 0. The van der Waals surface area contributed by atoms with E-state index in [9.17, 15) is 19.8 Å². The molecule has 1 amide bonds. The molecule has 2 unspecified atom stereocenters. The zero-order valence-corrected chi connectivity index (χ0v) is 57.4. The topological polar surface area (TPSA) is 95.9 Å². The molecular formula is C79H149NO5. The summed E-state index contributed by atoms with van der Waals surface area (Å²) in [5, 5.41) is 23.2. The normalized spacial score (nSPS) is 12.8. The molecule has 0 radical (unpaired) electrons. The number of amides is 1. The third-order valence-electron chi connectivity index (χ3n) is 17.8. The lowest BCUT2D eigenvalue weighted by Crippen LogP contribution is -2.45. The number of aliphatic hydroxyl groups is 2. The molecule has 0 aromatic rings. The highest BCUT2D eigenvalue weighted by Crippen LogP contribution is 2.19. The molecule has 3 N–H and O–H groups in total. The van der Waals surface area contributed by atoms with Crippen LogP contribution >= 0.6 is 0 Å². The van der Waals surface area contributed by atoms with Crippen LogP contribution in [0.5, 0.6) is 0 Å². The van der Waals surface area contributed by atoms with Crippen molar-refractivity contribution in [2.45, 2.75) is 431 Å². The van der Waals surface area contributed by atoms with E-state index >= 15 is 0 Å². The average molecular weight is 1190 g/mol. The molecule has 0 fully saturated rings. The number of hydrogen-bond acceptors (Lipinski definition) is 5. The predicted octanol–water partition coefficient (Wildman–Crippen LogP) is 25.2. The van der Waals surface area contributed by atoms with E-state index in [-0.39, 0.29) is 18.5 Å². The number of carbonyl (C=O) groups is 2. The van der Waals surface area contributed by atoms with Crippen LogP contribution in [0, 0.1) is 0 Å². The number of aliphatic hydroxyl groups excluding tert-OH is 2. The van der Waals surface area contributed by atoms with Crippen molar-refractivity contribution in [1.29, 1.82) is 0 Å². The van der Waals surface area contributed by atoms with Crippen LogP contribution in [0.3, 0.4) is 0 Å². The number of unbranched alkanes of at least 4 members (excludes halogenated alkanes) is 55. The number of rotatable bonds is 72. The van der Waals surface area contributed by atoms with Crippen LogP contribution in [0.15, 0.2) is 48.6 Å². The summed E-state index contributed by atoms with van der Waals surface area (Å²) in [5.74, 6) is -0.0538. The van der Waals surface area contributed by atoms with Crippen molar-refractivity contribution in [1.82, 2.24) is 5.32 Å². The van der Waals surface area contributed by atoms with Gasteiger partial charge in [0.05, 0.1) is 25.4 Å². The highest BCUT2D eigenvalue weighted by Gasteiger charge is 2.18. The standard InChI is InChI=1S/C79H149NO5/c1-3-5-7-9-11-13-15-17-19-45-49-53-57-61-65-69-73-79(84)85-74-70-66-62-58-54-50-46-42-40-38-36-34-32-30-28-26-24-22-20-21-23-25-27-29-31-33-35-37-39-41-44-48-52-56-60-64-68-72-78(83)80-76(75-81)77(82)71-67-63-59-55-51-47-43-18-16-14-12-10-8-6-4-2/h13,15,19-20,22,45,67,71,76-77,81-82H,3-12,14,16-18,21,23-44,46-66,68-70,72-75H2,1-2H3,(H,80,83)/b15-13-,22-20-,45-19-,71-67+. The van der Waals surface area contributed by atoms with Crippen molar-refractivity contribution in [2.75, 3.05) is 13.2 Å². The summed E-state index contributed by atoms with van der Waals surface area (Å²) < 4.78 is 5.50. The fourth-order valence-corrected chi connectivity index (χ4v) is 12.0. The number of allylic oxidation sites excluding steroid dienone is 7. The molecular weight excluding hydrogens is 1040 g/mol. The van der Waals surface area contributed by atoms with Gasteiger partial charge in [0.15, 0.2) is 0 Å². The molecule has 0 saturated heterocycles. The minimum atomic E-state index is -0.842. The molecule has 0 aliphatic rings. The Labute approximate surface area is 531 Å². The molecule has 0 rings (SSSR count). The van der Waals surface area contributed by atoms with Gasteiger partial charge in [-0.1, -0.05) is 364 Å². The first kappa shape index (κ1) is 82.8. The maximum atomic E-state index is 12.5. The quantitative estimate of drug-likeness (QED) is 0.0320. The molecule has 6 heteroatoms. The van der Waals surface area contributed by atoms with E-state index in [0.717, 1.165) is 51.4 Å². The Kier molecular flexibility index (Phi) is 72.4. The maximum Gasteiger partial charge on any atom is 0.305 e. The fraction of sp³-hybridized carbons (Fsp3) is 0.873. The number of hydrogen-bond donors (Lipinski definition) is 3. The van der Waals surface area contributed by atoms with Crippen LogP contribution < -0.4 is 5.32 Å². The van der Waals surface area contributed by atoms with E-state index in [1.165, 1.54) is 340 Å². The maximum absolute atomic E-state index is 12.5. The van der Waals surface area contributed by atoms with Crippen molar-refractivity contribution < 1.29 is 24.5 Å². The lowest BCUT2D eigenvalue weighted by atomic mass is 10.0. The molecule has 0 aliphatic carbocycles. The van der Waals surface area contributed by atoms with Gasteiger partial charge in [-0.05, 0) is 89.9 Å². The minimum absolute atomic E-state index is 0.00799.